The summed E-state index contributed by atoms with van der Waals surface area (Å²) >= 11 is 0. The van der Waals surface area contributed by atoms with Crippen LogP contribution in [0.1, 0.15) is 0 Å². The van der Waals surface area contributed by atoms with E-state index in [2.05, 4.69) is 207 Å². The van der Waals surface area contributed by atoms with E-state index < -0.39 is 0 Å². The Bertz CT molecular complexity index is 3250. The molecule has 56 heavy (non-hydrogen) atoms. The monoisotopic (exact) mass is 716 g/mol. The molecule has 6 heteroatoms. The zero-order chi connectivity index (χ0) is 36.7. The number of rotatable bonds is 5. The van der Waals surface area contributed by atoms with Crippen LogP contribution in [0.25, 0.3) is 99.8 Å². The van der Waals surface area contributed by atoms with Gasteiger partial charge in [0.05, 0.1) is 33.1 Å². The summed E-state index contributed by atoms with van der Waals surface area (Å²) in [5, 5.41) is 7.01. The highest BCUT2D eigenvalue weighted by molar-refractivity contribution is 6.19. The molecule has 12 aromatic rings. The van der Waals surface area contributed by atoms with Gasteiger partial charge in [0.15, 0.2) is 5.82 Å². The lowest BCUT2D eigenvalue weighted by Gasteiger charge is -2.16. The van der Waals surface area contributed by atoms with Crippen molar-refractivity contribution in [2.75, 3.05) is 0 Å². The Morgan fingerprint density at radius 3 is 1.25 bits per heavy atom. The Labute approximate surface area is 321 Å². The predicted octanol–water partition coefficient (Wildman–Crippen LogP) is 12.2. The molecule has 12 rings (SSSR count). The molecule has 0 bridgehead atoms. The van der Waals surface area contributed by atoms with Gasteiger partial charge >= 0.3 is 0 Å². The normalized spacial score (nSPS) is 11.9. The van der Waals surface area contributed by atoms with Gasteiger partial charge in [0.2, 0.25) is 0 Å². The van der Waals surface area contributed by atoms with E-state index >= 15 is 0 Å². The molecule has 7 aromatic carbocycles. The van der Waals surface area contributed by atoms with Crippen molar-refractivity contribution in [2.45, 2.75) is 0 Å². The van der Waals surface area contributed by atoms with Crippen LogP contribution in [0.3, 0.4) is 0 Å². The van der Waals surface area contributed by atoms with Gasteiger partial charge in [-0.2, -0.15) is 0 Å². The molecule has 0 aliphatic carbocycles. The summed E-state index contributed by atoms with van der Waals surface area (Å²) in [5.41, 5.74) is 9.80. The van der Waals surface area contributed by atoms with Gasteiger partial charge in [-0.3, -0.25) is 9.13 Å². The minimum Gasteiger partial charge on any atom is -0.315 e. The number of hydrogen-bond acceptors (Lipinski definition) is 2. The van der Waals surface area contributed by atoms with E-state index in [1.807, 2.05) is 6.07 Å². The minimum absolute atomic E-state index is 0.659. The topological polar surface area (TPSA) is 45.5 Å². The number of benzene rings is 7. The van der Waals surface area contributed by atoms with Gasteiger partial charge in [-0.25, -0.2) is 9.97 Å². The van der Waals surface area contributed by atoms with Gasteiger partial charge in [0, 0.05) is 67.7 Å². The van der Waals surface area contributed by atoms with Crippen LogP contribution in [0.2, 0.25) is 0 Å². The summed E-state index contributed by atoms with van der Waals surface area (Å²) in [6.07, 6.45) is 4.35. The number of aromatic nitrogens is 6. The number of para-hydroxylation sites is 4. The SMILES string of the molecule is c1ccc(-c2nc(-n3c4ccccc4c4ccc5ccn(-c6ccccc6)c5c43)cc(-n3c4ccccc4c4ccc5ccn(-c6ccccc6)c5c43)n2)cc1. The maximum atomic E-state index is 5.45. The third-order valence-electron chi connectivity index (χ3n) is 11.2. The van der Waals surface area contributed by atoms with Crippen molar-refractivity contribution in [3.8, 4) is 34.4 Å². The molecule has 262 valence electrons. The molecule has 5 heterocycles. The average Bonchev–Trinajstić information content (AvgIpc) is 4.05. The fourth-order valence-electron chi connectivity index (χ4n) is 8.80. The molecule has 0 radical (unpaired) electrons. The molecule has 0 spiro atoms. The quantitative estimate of drug-likeness (QED) is 0.178. The Morgan fingerprint density at radius 1 is 0.339 bits per heavy atom. The average molecular weight is 717 g/mol. The van der Waals surface area contributed by atoms with E-state index in [0.717, 1.165) is 72.4 Å². The Balaban J connectivity index is 1.24. The van der Waals surface area contributed by atoms with Crippen molar-refractivity contribution >= 4 is 65.4 Å². The third kappa shape index (κ3) is 4.44. The molecule has 0 saturated heterocycles. The van der Waals surface area contributed by atoms with Crippen LogP contribution in [-0.2, 0) is 0 Å². The maximum Gasteiger partial charge on any atom is 0.163 e. The van der Waals surface area contributed by atoms with E-state index in [-0.39, 0.29) is 0 Å². The zero-order valence-electron chi connectivity index (χ0n) is 30.2. The van der Waals surface area contributed by atoms with Gasteiger partial charge in [-0.1, -0.05) is 127 Å². The lowest BCUT2D eigenvalue weighted by molar-refractivity contribution is 0.992. The van der Waals surface area contributed by atoms with Gasteiger partial charge < -0.3 is 9.13 Å². The maximum absolute atomic E-state index is 5.45. The smallest absolute Gasteiger partial charge is 0.163 e. The van der Waals surface area contributed by atoms with Crippen molar-refractivity contribution in [2.24, 2.45) is 0 Å². The number of fused-ring (bicyclic) bond motifs is 10. The third-order valence-corrected chi connectivity index (χ3v) is 11.2. The van der Waals surface area contributed by atoms with Crippen LogP contribution >= 0.6 is 0 Å². The van der Waals surface area contributed by atoms with Gasteiger partial charge in [-0.15, -0.1) is 0 Å². The molecule has 0 N–H and O–H groups in total. The highest BCUT2D eigenvalue weighted by atomic mass is 15.2. The Morgan fingerprint density at radius 2 is 0.768 bits per heavy atom. The molecule has 0 amide bonds. The molecule has 0 saturated carbocycles. The van der Waals surface area contributed by atoms with E-state index in [1.165, 1.54) is 21.5 Å². The second-order valence-corrected chi connectivity index (χ2v) is 14.3. The predicted molar refractivity (Wildman–Crippen MR) is 230 cm³/mol. The second kappa shape index (κ2) is 11.9. The van der Waals surface area contributed by atoms with Crippen LogP contribution in [0.4, 0.5) is 0 Å². The summed E-state index contributed by atoms with van der Waals surface area (Å²) in [5.74, 6) is 2.25. The lowest BCUT2D eigenvalue weighted by Crippen LogP contribution is -2.07. The number of hydrogen-bond donors (Lipinski definition) is 0. The van der Waals surface area contributed by atoms with Crippen molar-refractivity contribution in [1.29, 1.82) is 0 Å². The highest BCUT2D eigenvalue weighted by Gasteiger charge is 2.23. The number of nitrogens with zero attached hydrogens (tertiary/aromatic N) is 6. The van der Waals surface area contributed by atoms with Crippen LogP contribution in [0, 0.1) is 0 Å². The molecular formula is C50H32N6. The second-order valence-electron chi connectivity index (χ2n) is 14.3. The summed E-state index contributed by atoms with van der Waals surface area (Å²) in [6.45, 7) is 0. The molecule has 6 nitrogen and oxygen atoms in total. The molecule has 0 fully saturated rings. The van der Waals surface area contributed by atoms with E-state index in [4.69, 9.17) is 9.97 Å². The van der Waals surface area contributed by atoms with Crippen molar-refractivity contribution < 1.29 is 0 Å². The fraction of sp³-hybridized carbons (Fsp3) is 0. The largest absolute Gasteiger partial charge is 0.315 e. The van der Waals surface area contributed by atoms with Crippen LogP contribution in [0.15, 0.2) is 194 Å². The summed E-state index contributed by atoms with van der Waals surface area (Å²) in [6, 6.07) is 64.4. The Kier molecular flexibility index (Phi) is 6.53. The summed E-state index contributed by atoms with van der Waals surface area (Å²) < 4.78 is 9.30. The lowest BCUT2D eigenvalue weighted by atomic mass is 10.1. The molecule has 0 unspecified atom stereocenters. The van der Waals surface area contributed by atoms with Crippen molar-refractivity contribution in [1.82, 2.24) is 28.2 Å². The zero-order valence-corrected chi connectivity index (χ0v) is 30.2. The molecule has 0 aliphatic rings. The first-order valence-electron chi connectivity index (χ1n) is 18.9. The van der Waals surface area contributed by atoms with Crippen molar-refractivity contribution in [3.05, 3.63) is 194 Å². The van der Waals surface area contributed by atoms with E-state index in [1.54, 1.807) is 0 Å². The molecular weight excluding hydrogens is 685 g/mol. The van der Waals surface area contributed by atoms with E-state index in [9.17, 15) is 0 Å². The van der Waals surface area contributed by atoms with Gasteiger partial charge in [-0.05, 0) is 48.5 Å². The van der Waals surface area contributed by atoms with E-state index in [0.29, 0.717) is 5.82 Å². The van der Waals surface area contributed by atoms with Crippen LogP contribution < -0.4 is 0 Å². The molecule has 0 atom stereocenters. The highest BCUT2D eigenvalue weighted by Crippen LogP contribution is 2.41. The van der Waals surface area contributed by atoms with Gasteiger partial charge in [0.1, 0.15) is 11.6 Å². The van der Waals surface area contributed by atoms with Gasteiger partial charge in [0.25, 0.3) is 0 Å². The van der Waals surface area contributed by atoms with Crippen LogP contribution in [-0.4, -0.2) is 28.2 Å². The summed E-state index contributed by atoms with van der Waals surface area (Å²) in [7, 11) is 0. The first-order chi connectivity index (χ1) is 27.8. The Hall–Kier alpha value is -7.70. The standard InChI is InChI=1S/C50H32N6/c1-4-14-35(15-5-1)50-51-44(55-42-22-12-10-20-38(42)40-26-24-33-28-30-53(46(33)48(40)55)36-16-6-2-7-17-36)32-45(52-50)56-43-23-13-11-21-39(43)41-27-25-34-29-31-54(47(34)49(41)56)37-18-8-3-9-19-37/h1-32H. The summed E-state index contributed by atoms with van der Waals surface area (Å²) in [4.78, 5) is 10.9. The first kappa shape index (κ1) is 30.7. The fourth-order valence-corrected chi connectivity index (χ4v) is 8.80. The van der Waals surface area contributed by atoms with Crippen molar-refractivity contribution in [3.63, 3.8) is 0 Å². The first-order valence-corrected chi connectivity index (χ1v) is 18.9. The molecule has 5 aromatic heterocycles. The van der Waals surface area contributed by atoms with Crippen LogP contribution in [0.5, 0.6) is 0 Å². The molecule has 0 aliphatic heterocycles. The minimum atomic E-state index is 0.659.